The molecular formula is C30H31N3O4. The minimum Gasteiger partial charge on any atom is -0.394 e. The molecule has 0 spiro atoms. The Labute approximate surface area is 216 Å². The lowest BCUT2D eigenvalue weighted by atomic mass is 9.70. The molecule has 2 aliphatic rings. The third-order valence-corrected chi connectivity index (χ3v) is 7.74. The number of carbonyl (C=O) groups excluding carboxylic acids is 3. The number of hydrogen-bond donors (Lipinski definition) is 3. The third kappa shape index (κ3) is 4.40. The van der Waals surface area contributed by atoms with Crippen molar-refractivity contribution in [2.75, 3.05) is 19.0 Å². The van der Waals surface area contributed by atoms with Gasteiger partial charge in [-0.3, -0.25) is 14.4 Å². The van der Waals surface area contributed by atoms with E-state index in [9.17, 15) is 19.5 Å². The van der Waals surface area contributed by atoms with E-state index in [4.69, 9.17) is 0 Å². The Bertz CT molecular complexity index is 1360. The molecule has 7 heteroatoms. The van der Waals surface area contributed by atoms with Crippen molar-refractivity contribution in [3.8, 4) is 0 Å². The van der Waals surface area contributed by atoms with E-state index in [0.29, 0.717) is 5.69 Å². The molecule has 3 aromatic rings. The van der Waals surface area contributed by atoms with Crippen LogP contribution in [-0.4, -0.2) is 47.4 Å². The van der Waals surface area contributed by atoms with E-state index in [2.05, 4.69) is 10.6 Å². The molecule has 3 amide bonds. The summed E-state index contributed by atoms with van der Waals surface area (Å²) in [6.07, 6.45) is 3.82. The van der Waals surface area contributed by atoms with Crippen molar-refractivity contribution in [1.29, 1.82) is 0 Å². The number of aliphatic hydroxyl groups is 1. The van der Waals surface area contributed by atoms with Crippen LogP contribution in [0.3, 0.4) is 0 Å². The molecule has 0 unspecified atom stereocenters. The summed E-state index contributed by atoms with van der Waals surface area (Å²) in [4.78, 5) is 42.4. The van der Waals surface area contributed by atoms with Gasteiger partial charge in [0.2, 0.25) is 17.7 Å². The number of rotatable bonds is 6. The van der Waals surface area contributed by atoms with Crippen LogP contribution in [0.2, 0.25) is 0 Å². The van der Waals surface area contributed by atoms with Gasteiger partial charge in [0.1, 0.15) is 6.04 Å². The number of hydrogen-bond acceptors (Lipinski definition) is 4. The number of allylic oxidation sites excluding steroid dienone is 1. The molecule has 1 aliphatic carbocycles. The van der Waals surface area contributed by atoms with Crippen LogP contribution in [0, 0.1) is 23.7 Å². The Morgan fingerprint density at radius 1 is 0.946 bits per heavy atom. The largest absolute Gasteiger partial charge is 0.394 e. The highest BCUT2D eigenvalue weighted by atomic mass is 16.3. The summed E-state index contributed by atoms with van der Waals surface area (Å²) in [5.41, 5.74) is 1.35. The molecule has 0 saturated carbocycles. The normalized spacial score (nSPS) is 25.5. The Morgan fingerprint density at radius 2 is 1.65 bits per heavy atom. The van der Waals surface area contributed by atoms with Crippen molar-refractivity contribution in [3.05, 3.63) is 90.5 Å². The molecule has 0 aromatic heterocycles. The van der Waals surface area contributed by atoms with Gasteiger partial charge in [-0.1, -0.05) is 79.7 Å². The molecule has 6 atom stereocenters. The lowest BCUT2D eigenvalue weighted by Crippen LogP contribution is -2.46. The smallest absolute Gasteiger partial charge is 0.247 e. The Morgan fingerprint density at radius 3 is 2.35 bits per heavy atom. The number of aliphatic hydroxyl groups excluding tert-OH is 1. The van der Waals surface area contributed by atoms with Crippen LogP contribution >= 0.6 is 0 Å². The van der Waals surface area contributed by atoms with E-state index in [-0.39, 0.29) is 30.2 Å². The lowest BCUT2D eigenvalue weighted by molar-refractivity contribution is -0.142. The molecule has 1 heterocycles. The first-order valence-electron chi connectivity index (χ1n) is 12.6. The van der Waals surface area contributed by atoms with Gasteiger partial charge in [0.05, 0.1) is 24.5 Å². The van der Waals surface area contributed by atoms with Crippen molar-refractivity contribution in [1.82, 2.24) is 10.2 Å². The zero-order valence-corrected chi connectivity index (χ0v) is 20.9. The molecule has 0 bridgehead atoms. The minimum atomic E-state index is -0.891. The summed E-state index contributed by atoms with van der Waals surface area (Å²) in [5, 5.41) is 18.2. The molecule has 3 N–H and O–H groups in total. The average Bonchev–Trinajstić information content (AvgIpc) is 3.21. The van der Waals surface area contributed by atoms with Gasteiger partial charge >= 0.3 is 0 Å². The standard InChI is InChI=1S/C30H31N3O4/c1-18-12-15-23-26(25(18)28(35)31-2)30(37)33(24(17-34)20-9-4-3-5-10-20)27(23)29(36)32-22-14-13-19-8-6-7-11-21(19)16-22/h3-16,18,23-27,34H,17H2,1-2H3,(H,31,35)(H,32,36)/t18-,23+,24-,25-,26-,27+/m1/s1. The van der Waals surface area contributed by atoms with E-state index < -0.39 is 29.8 Å². The van der Waals surface area contributed by atoms with E-state index in [0.717, 1.165) is 16.3 Å². The van der Waals surface area contributed by atoms with Crippen LogP contribution in [0.25, 0.3) is 10.8 Å². The maximum atomic E-state index is 14.1. The summed E-state index contributed by atoms with van der Waals surface area (Å²) in [7, 11) is 1.56. The average molecular weight is 498 g/mol. The Balaban J connectivity index is 1.56. The van der Waals surface area contributed by atoms with Crippen molar-refractivity contribution in [2.24, 2.45) is 23.7 Å². The first kappa shape index (κ1) is 24.7. The van der Waals surface area contributed by atoms with E-state index in [1.54, 1.807) is 7.05 Å². The fourth-order valence-electron chi connectivity index (χ4n) is 5.95. The molecule has 1 saturated heterocycles. The quantitative estimate of drug-likeness (QED) is 0.454. The fraction of sp³-hybridized carbons (Fsp3) is 0.300. The van der Waals surface area contributed by atoms with Gasteiger partial charge in [-0.25, -0.2) is 0 Å². The van der Waals surface area contributed by atoms with E-state index in [1.165, 1.54) is 4.90 Å². The number of nitrogens with one attached hydrogen (secondary N) is 2. The van der Waals surface area contributed by atoms with Gasteiger partial charge in [0, 0.05) is 18.7 Å². The number of amides is 3. The predicted molar refractivity (Wildman–Crippen MR) is 142 cm³/mol. The second-order valence-electron chi connectivity index (χ2n) is 9.84. The van der Waals surface area contributed by atoms with Gasteiger partial charge in [-0.2, -0.15) is 0 Å². The Kier molecular flexibility index (Phi) is 6.80. The Hall–Kier alpha value is -3.97. The highest BCUT2D eigenvalue weighted by Gasteiger charge is 2.58. The van der Waals surface area contributed by atoms with Crippen LogP contribution in [-0.2, 0) is 14.4 Å². The maximum absolute atomic E-state index is 14.1. The van der Waals surface area contributed by atoms with Gasteiger partial charge < -0.3 is 20.6 Å². The number of likely N-dealkylation sites (tertiary alicyclic amines) is 1. The SMILES string of the molecule is CNC(=O)[C@H]1[C@@H]2C(=O)N([C@H](CO)c3ccccc3)[C@H](C(=O)Nc3ccc4ccccc4c3)[C@H]2C=C[C@H]1C. The number of anilines is 1. The maximum Gasteiger partial charge on any atom is 0.247 e. The summed E-state index contributed by atoms with van der Waals surface area (Å²) in [5.74, 6) is -2.86. The molecule has 7 nitrogen and oxygen atoms in total. The van der Waals surface area contributed by atoms with E-state index in [1.807, 2.05) is 91.9 Å². The molecule has 0 radical (unpaired) electrons. The minimum absolute atomic E-state index is 0.168. The number of carbonyl (C=O) groups is 3. The van der Waals surface area contributed by atoms with Crippen molar-refractivity contribution in [3.63, 3.8) is 0 Å². The van der Waals surface area contributed by atoms with Crippen LogP contribution in [0.4, 0.5) is 5.69 Å². The second kappa shape index (κ2) is 10.2. The van der Waals surface area contributed by atoms with E-state index >= 15 is 0 Å². The highest BCUT2D eigenvalue weighted by molar-refractivity contribution is 6.03. The first-order chi connectivity index (χ1) is 17.9. The zero-order chi connectivity index (χ0) is 26.1. The van der Waals surface area contributed by atoms with Gasteiger partial charge in [-0.05, 0) is 34.4 Å². The third-order valence-electron chi connectivity index (χ3n) is 7.74. The van der Waals surface area contributed by atoms with Gasteiger partial charge in [-0.15, -0.1) is 0 Å². The molecule has 37 heavy (non-hydrogen) atoms. The fourth-order valence-corrected chi connectivity index (χ4v) is 5.95. The van der Waals surface area contributed by atoms with Gasteiger partial charge in [0.15, 0.2) is 0 Å². The highest BCUT2D eigenvalue weighted by Crippen LogP contribution is 2.47. The molecular weight excluding hydrogens is 466 g/mol. The van der Waals surface area contributed by atoms with Crippen molar-refractivity contribution >= 4 is 34.2 Å². The summed E-state index contributed by atoms with van der Waals surface area (Å²) in [6.45, 7) is 1.56. The molecule has 3 aromatic carbocycles. The summed E-state index contributed by atoms with van der Waals surface area (Å²) < 4.78 is 0. The predicted octanol–water partition coefficient (Wildman–Crippen LogP) is 3.52. The molecule has 1 fully saturated rings. The topological polar surface area (TPSA) is 98.7 Å². The van der Waals surface area contributed by atoms with Crippen LogP contribution in [0.5, 0.6) is 0 Å². The second-order valence-corrected chi connectivity index (χ2v) is 9.84. The number of benzene rings is 3. The van der Waals surface area contributed by atoms with Crippen LogP contribution < -0.4 is 10.6 Å². The van der Waals surface area contributed by atoms with Crippen LogP contribution in [0.1, 0.15) is 18.5 Å². The monoisotopic (exact) mass is 497 g/mol. The first-order valence-corrected chi connectivity index (χ1v) is 12.6. The van der Waals surface area contributed by atoms with Crippen molar-refractivity contribution in [2.45, 2.75) is 19.0 Å². The molecule has 1 aliphatic heterocycles. The number of fused-ring (bicyclic) bond motifs is 2. The summed E-state index contributed by atoms with van der Waals surface area (Å²) in [6, 6.07) is 21.2. The zero-order valence-electron chi connectivity index (χ0n) is 20.9. The van der Waals surface area contributed by atoms with Crippen molar-refractivity contribution < 1.29 is 19.5 Å². The summed E-state index contributed by atoms with van der Waals surface area (Å²) >= 11 is 0. The lowest BCUT2D eigenvalue weighted by Gasteiger charge is -2.33. The van der Waals surface area contributed by atoms with Gasteiger partial charge in [0.25, 0.3) is 0 Å². The molecule has 190 valence electrons. The molecule has 5 rings (SSSR count). The number of nitrogens with zero attached hydrogens (tertiary/aromatic N) is 1. The van der Waals surface area contributed by atoms with Crippen LogP contribution in [0.15, 0.2) is 84.9 Å².